The van der Waals surface area contributed by atoms with Gasteiger partial charge in [-0.2, -0.15) is 0 Å². The van der Waals surface area contributed by atoms with E-state index in [0.29, 0.717) is 24.7 Å². The van der Waals surface area contributed by atoms with Crippen LogP contribution >= 0.6 is 0 Å². The lowest BCUT2D eigenvalue weighted by atomic mass is 10.0. The van der Waals surface area contributed by atoms with Gasteiger partial charge in [-0.15, -0.1) is 0 Å². The SMILES string of the molecule is CCC(C)CCC(=O)OC(=O)CCC(C)CC. The number of carbonyl (C=O) groups excluding carboxylic acids is 2. The smallest absolute Gasteiger partial charge is 0.313 e. The van der Waals surface area contributed by atoms with Gasteiger partial charge in [-0.05, 0) is 24.7 Å². The molecule has 0 heterocycles. The maximum atomic E-state index is 11.3. The molecular formula is C14H26O3. The Labute approximate surface area is 105 Å². The fourth-order valence-corrected chi connectivity index (χ4v) is 1.37. The number of ether oxygens (including phenoxy) is 1. The van der Waals surface area contributed by atoms with E-state index in [0.717, 1.165) is 25.7 Å². The minimum Gasteiger partial charge on any atom is -0.393 e. The minimum atomic E-state index is -0.376. The summed E-state index contributed by atoms with van der Waals surface area (Å²) in [6.07, 6.45) is 4.40. The van der Waals surface area contributed by atoms with Crippen molar-refractivity contribution in [2.75, 3.05) is 0 Å². The zero-order valence-electron chi connectivity index (χ0n) is 11.6. The topological polar surface area (TPSA) is 43.4 Å². The summed E-state index contributed by atoms with van der Waals surface area (Å²) in [5.41, 5.74) is 0. The van der Waals surface area contributed by atoms with Crippen LogP contribution in [0, 0.1) is 11.8 Å². The van der Waals surface area contributed by atoms with Crippen LogP contribution < -0.4 is 0 Å². The van der Waals surface area contributed by atoms with Crippen LogP contribution in [0.2, 0.25) is 0 Å². The first kappa shape index (κ1) is 16.1. The van der Waals surface area contributed by atoms with Crippen molar-refractivity contribution in [1.82, 2.24) is 0 Å². The maximum Gasteiger partial charge on any atom is 0.313 e. The van der Waals surface area contributed by atoms with Gasteiger partial charge in [-0.1, -0.05) is 40.5 Å². The van der Waals surface area contributed by atoms with Crippen molar-refractivity contribution < 1.29 is 14.3 Å². The highest BCUT2D eigenvalue weighted by Crippen LogP contribution is 2.12. The second-order valence-electron chi connectivity index (χ2n) is 4.95. The average molecular weight is 242 g/mol. The molecule has 0 fully saturated rings. The van der Waals surface area contributed by atoms with Crippen LogP contribution in [0.15, 0.2) is 0 Å². The summed E-state index contributed by atoms with van der Waals surface area (Å²) in [5, 5.41) is 0. The molecule has 0 amide bonds. The predicted molar refractivity (Wildman–Crippen MR) is 68.5 cm³/mol. The third kappa shape index (κ3) is 8.90. The molecule has 17 heavy (non-hydrogen) atoms. The Balaban J connectivity index is 3.69. The summed E-state index contributed by atoms with van der Waals surface area (Å²) in [7, 11) is 0. The highest BCUT2D eigenvalue weighted by molar-refractivity contribution is 5.85. The second-order valence-corrected chi connectivity index (χ2v) is 4.95. The molecule has 2 atom stereocenters. The van der Waals surface area contributed by atoms with Gasteiger partial charge in [0.2, 0.25) is 0 Å². The molecule has 0 aliphatic carbocycles. The molecule has 100 valence electrons. The van der Waals surface area contributed by atoms with Gasteiger partial charge in [0.25, 0.3) is 0 Å². The van der Waals surface area contributed by atoms with Gasteiger partial charge in [0.1, 0.15) is 0 Å². The van der Waals surface area contributed by atoms with Crippen molar-refractivity contribution in [3.63, 3.8) is 0 Å². The van der Waals surface area contributed by atoms with Crippen LogP contribution in [0.25, 0.3) is 0 Å². The van der Waals surface area contributed by atoms with Crippen molar-refractivity contribution in [2.45, 2.75) is 66.2 Å². The van der Waals surface area contributed by atoms with E-state index in [1.807, 2.05) is 0 Å². The molecule has 0 N–H and O–H groups in total. The number of esters is 2. The summed E-state index contributed by atoms with van der Waals surface area (Å²) in [4.78, 5) is 22.7. The lowest BCUT2D eigenvalue weighted by molar-refractivity contribution is -0.160. The van der Waals surface area contributed by atoms with E-state index in [4.69, 9.17) is 4.74 Å². The Bertz CT molecular complexity index is 212. The molecular weight excluding hydrogens is 216 g/mol. The van der Waals surface area contributed by atoms with Crippen LogP contribution in [0.1, 0.15) is 66.2 Å². The summed E-state index contributed by atoms with van der Waals surface area (Å²) in [5.74, 6) is 0.273. The van der Waals surface area contributed by atoms with Crippen LogP contribution in [0.5, 0.6) is 0 Å². The standard InChI is InChI=1S/C14H26O3/c1-5-11(3)7-9-13(15)17-14(16)10-8-12(4)6-2/h11-12H,5-10H2,1-4H3. The second kappa shape index (κ2) is 9.20. The molecule has 0 aromatic heterocycles. The van der Waals surface area contributed by atoms with Crippen LogP contribution in [0.3, 0.4) is 0 Å². The van der Waals surface area contributed by atoms with E-state index in [2.05, 4.69) is 27.7 Å². The summed E-state index contributed by atoms with van der Waals surface area (Å²) < 4.78 is 4.76. The molecule has 0 rings (SSSR count). The van der Waals surface area contributed by atoms with Crippen molar-refractivity contribution in [3.05, 3.63) is 0 Å². The lowest BCUT2D eigenvalue weighted by Gasteiger charge is -2.08. The van der Waals surface area contributed by atoms with Gasteiger partial charge in [0, 0.05) is 12.8 Å². The number of carbonyl (C=O) groups is 2. The average Bonchev–Trinajstić information content (AvgIpc) is 2.32. The molecule has 0 aromatic rings. The first-order valence-electron chi connectivity index (χ1n) is 6.73. The van der Waals surface area contributed by atoms with Crippen LogP contribution in [0.4, 0.5) is 0 Å². The van der Waals surface area contributed by atoms with E-state index >= 15 is 0 Å². The predicted octanol–water partition coefficient (Wildman–Crippen LogP) is 3.71. The van der Waals surface area contributed by atoms with E-state index < -0.39 is 0 Å². The van der Waals surface area contributed by atoms with Crippen molar-refractivity contribution in [1.29, 1.82) is 0 Å². The van der Waals surface area contributed by atoms with Gasteiger partial charge >= 0.3 is 11.9 Å². The van der Waals surface area contributed by atoms with E-state index in [9.17, 15) is 9.59 Å². The van der Waals surface area contributed by atoms with E-state index in [1.165, 1.54) is 0 Å². The van der Waals surface area contributed by atoms with Gasteiger partial charge < -0.3 is 4.74 Å². The largest absolute Gasteiger partial charge is 0.393 e. The third-order valence-electron chi connectivity index (χ3n) is 3.30. The van der Waals surface area contributed by atoms with E-state index in [-0.39, 0.29) is 11.9 Å². The molecule has 0 aliphatic heterocycles. The van der Waals surface area contributed by atoms with Gasteiger partial charge in [0.15, 0.2) is 0 Å². The monoisotopic (exact) mass is 242 g/mol. The maximum absolute atomic E-state index is 11.3. The first-order valence-corrected chi connectivity index (χ1v) is 6.73. The Morgan fingerprint density at radius 3 is 1.53 bits per heavy atom. The molecule has 0 radical (unpaired) electrons. The Morgan fingerprint density at radius 2 is 1.24 bits per heavy atom. The fourth-order valence-electron chi connectivity index (χ4n) is 1.37. The highest BCUT2D eigenvalue weighted by atomic mass is 16.6. The molecule has 0 spiro atoms. The van der Waals surface area contributed by atoms with Gasteiger partial charge in [-0.3, -0.25) is 9.59 Å². The van der Waals surface area contributed by atoms with Crippen LogP contribution in [-0.4, -0.2) is 11.9 Å². The van der Waals surface area contributed by atoms with Crippen molar-refractivity contribution >= 4 is 11.9 Å². The zero-order chi connectivity index (χ0) is 13.3. The zero-order valence-corrected chi connectivity index (χ0v) is 11.6. The van der Waals surface area contributed by atoms with E-state index in [1.54, 1.807) is 0 Å². The molecule has 3 nitrogen and oxygen atoms in total. The quantitative estimate of drug-likeness (QED) is 0.481. The number of hydrogen-bond acceptors (Lipinski definition) is 3. The Morgan fingerprint density at radius 1 is 0.882 bits per heavy atom. The summed E-state index contributed by atoms with van der Waals surface area (Å²) >= 11 is 0. The molecule has 0 saturated carbocycles. The van der Waals surface area contributed by atoms with Crippen LogP contribution in [-0.2, 0) is 14.3 Å². The summed E-state index contributed by atoms with van der Waals surface area (Å²) in [6.45, 7) is 8.37. The normalized spacial score (nSPS) is 14.1. The fraction of sp³-hybridized carbons (Fsp3) is 0.857. The number of rotatable bonds is 8. The molecule has 0 bridgehead atoms. The molecule has 3 heteroatoms. The third-order valence-corrected chi connectivity index (χ3v) is 3.30. The number of hydrogen-bond donors (Lipinski definition) is 0. The molecule has 0 aromatic carbocycles. The minimum absolute atomic E-state index is 0.351. The van der Waals surface area contributed by atoms with Crippen molar-refractivity contribution in [3.8, 4) is 0 Å². The first-order chi connectivity index (χ1) is 7.99. The highest BCUT2D eigenvalue weighted by Gasteiger charge is 2.12. The van der Waals surface area contributed by atoms with Gasteiger partial charge in [-0.25, -0.2) is 0 Å². The molecule has 0 saturated heterocycles. The Kier molecular flexibility index (Phi) is 8.73. The van der Waals surface area contributed by atoms with Crippen molar-refractivity contribution in [2.24, 2.45) is 11.8 Å². The van der Waals surface area contributed by atoms with Gasteiger partial charge in [0.05, 0.1) is 0 Å². The molecule has 2 unspecified atom stereocenters. The molecule has 0 aliphatic rings. The lowest BCUT2D eigenvalue weighted by Crippen LogP contribution is -2.13. The summed E-state index contributed by atoms with van der Waals surface area (Å²) in [6, 6.07) is 0. The Hall–Kier alpha value is -0.860.